The maximum Gasteiger partial charge on any atom is 0.416 e. The van der Waals surface area contributed by atoms with Gasteiger partial charge in [0.25, 0.3) is 5.91 Å². The van der Waals surface area contributed by atoms with E-state index in [1.54, 1.807) is 42.5 Å². The highest BCUT2D eigenvalue weighted by molar-refractivity contribution is 6.09. The molecule has 0 aliphatic heterocycles. The average Bonchev–Trinajstić information content (AvgIpc) is 2.72. The summed E-state index contributed by atoms with van der Waals surface area (Å²) in [5, 5.41) is 11.2. The van der Waals surface area contributed by atoms with E-state index >= 15 is 0 Å². The largest absolute Gasteiger partial charge is 0.478 e. The molecule has 0 aliphatic carbocycles. The van der Waals surface area contributed by atoms with Crippen LogP contribution in [0.3, 0.4) is 0 Å². The third-order valence-corrected chi connectivity index (χ3v) is 4.26. The highest BCUT2D eigenvalue weighted by atomic mass is 19.4. The van der Waals surface area contributed by atoms with Crippen molar-refractivity contribution in [1.82, 2.24) is 0 Å². The van der Waals surface area contributed by atoms with E-state index in [0.29, 0.717) is 22.4 Å². The highest BCUT2D eigenvalue weighted by Gasteiger charge is 2.32. The normalized spacial score (nSPS) is 11.4. The number of hydrogen-bond donors (Lipinski definition) is 2. The summed E-state index contributed by atoms with van der Waals surface area (Å²) in [5.41, 5.74) is 0.934. The molecular weight excluding hydrogens is 395 g/mol. The summed E-state index contributed by atoms with van der Waals surface area (Å²) >= 11 is 0. The van der Waals surface area contributed by atoms with Gasteiger partial charge in [0.2, 0.25) is 0 Å². The lowest BCUT2D eigenvalue weighted by Gasteiger charge is -2.14. The Bertz CT molecular complexity index is 1090. The predicted molar refractivity (Wildman–Crippen MR) is 108 cm³/mol. The summed E-state index contributed by atoms with van der Waals surface area (Å²) in [6.07, 6.45) is -2.22. The molecule has 0 aliphatic rings. The van der Waals surface area contributed by atoms with Crippen LogP contribution in [0.2, 0.25) is 0 Å². The molecule has 2 N–H and O–H groups in total. The molecule has 3 rings (SSSR count). The lowest BCUT2D eigenvalue weighted by Crippen LogP contribution is -2.15. The van der Waals surface area contributed by atoms with Gasteiger partial charge in [0.05, 0.1) is 5.56 Å². The molecule has 0 saturated heterocycles. The van der Waals surface area contributed by atoms with Gasteiger partial charge in [0.1, 0.15) is 0 Å². The van der Waals surface area contributed by atoms with Crippen LogP contribution < -0.4 is 5.32 Å². The van der Waals surface area contributed by atoms with E-state index in [9.17, 15) is 22.8 Å². The number of benzene rings is 3. The number of anilines is 1. The molecule has 4 nitrogen and oxygen atoms in total. The predicted octanol–water partition coefficient (Wildman–Crippen LogP) is 5.72. The zero-order valence-electron chi connectivity index (χ0n) is 15.5. The smallest absolute Gasteiger partial charge is 0.416 e. The van der Waals surface area contributed by atoms with Crippen molar-refractivity contribution < 1.29 is 27.9 Å². The van der Waals surface area contributed by atoms with Crippen molar-refractivity contribution in [2.75, 3.05) is 5.32 Å². The number of hydrogen-bond acceptors (Lipinski definition) is 2. The molecule has 3 aromatic rings. The van der Waals surface area contributed by atoms with Gasteiger partial charge < -0.3 is 10.4 Å². The molecule has 30 heavy (non-hydrogen) atoms. The second-order valence-electron chi connectivity index (χ2n) is 6.37. The molecule has 0 saturated carbocycles. The molecule has 152 valence electrons. The molecule has 0 unspecified atom stereocenters. The van der Waals surface area contributed by atoms with Gasteiger partial charge >= 0.3 is 12.1 Å². The maximum absolute atomic E-state index is 13.2. The molecule has 0 fully saturated rings. The highest BCUT2D eigenvalue weighted by Crippen LogP contribution is 2.33. The van der Waals surface area contributed by atoms with Crippen LogP contribution >= 0.6 is 0 Å². The fraction of sp³-hybridized carbons (Fsp3) is 0.0435. The number of amides is 1. The second kappa shape index (κ2) is 8.65. The number of rotatable bonds is 5. The molecule has 0 aromatic heterocycles. The number of carbonyl (C=O) groups excluding carboxylic acids is 1. The molecule has 0 radical (unpaired) electrons. The Balaban J connectivity index is 1.93. The molecule has 0 heterocycles. The first kappa shape index (κ1) is 20.9. The minimum atomic E-state index is -4.58. The van der Waals surface area contributed by atoms with Gasteiger partial charge in [-0.25, -0.2) is 4.79 Å². The standard InChI is InChI=1S/C23H16F3NO3/c24-23(25,26)17-9-12-19(16-4-2-1-3-5-16)20(14-17)22(30)27-18-10-6-15(7-11-18)8-13-21(28)29/h1-14H,(H,27,30)(H,28,29). The maximum atomic E-state index is 13.2. The van der Waals surface area contributed by atoms with Gasteiger partial charge in [0.15, 0.2) is 0 Å². The molecule has 7 heteroatoms. The van der Waals surface area contributed by atoms with Crippen LogP contribution in [-0.2, 0) is 11.0 Å². The van der Waals surface area contributed by atoms with Crippen molar-refractivity contribution in [2.24, 2.45) is 0 Å². The van der Waals surface area contributed by atoms with Gasteiger partial charge in [0, 0.05) is 17.3 Å². The summed E-state index contributed by atoms with van der Waals surface area (Å²) in [5.74, 6) is -1.78. The Kier molecular flexibility index (Phi) is 6.01. The Morgan fingerprint density at radius 3 is 2.17 bits per heavy atom. The Morgan fingerprint density at radius 1 is 0.900 bits per heavy atom. The summed E-state index contributed by atoms with van der Waals surface area (Å²) in [6.45, 7) is 0. The second-order valence-corrected chi connectivity index (χ2v) is 6.37. The quantitative estimate of drug-likeness (QED) is 0.528. The number of aliphatic carboxylic acids is 1. The fourth-order valence-electron chi connectivity index (χ4n) is 2.82. The number of nitrogens with one attached hydrogen (secondary N) is 1. The number of carboxylic acids is 1. The Labute approximate surface area is 170 Å². The van der Waals surface area contributed by atoms with Gasteiger partial charge in [-0.2, -0.15) is 13.2 Å². The van der Waals surface area contributed by atoms with Crippen LogP contribution in [0, 0.1) is 0 Å². The lowest BCUT2D eigenvalue weighted by atomic mass is 9.96. The van der Waals surface area contributed by atoms with Crippen molar-refractivity contribution in [3.63, 3.8) is 0 Å². The lowest BCUT2D eigenvalue weighted by molar-refractivity contribution is -0.137. The number of alkyl halides is 3. The molecule has 0 atom stereocenters. The van der Waals surface area contributed by atoms with E-state index in [1.165, 1.54) is 24.3 Å². The van der Waals surface area contributed by atoms with Crippen molar-refractivity contribution in [2.45, 2.75) is 6.18 Å². The fourth-order valence-corrected chi connectivity index (χ4v) is 2.82. The van der Waals surface area contributed by atoms with E-state index in [-0.39, 0.29) is 5.56 Å². The van der Waals surface area contributed by atoms with Gasteiger partial charge in [-0.3, -0.25) is 4.79 Å². The van der Waals surface area contributed by atoms with Crippen molar-refractivity contribution >= 4 is 23.6 Å². The average molecular weight is 411 g/mol. The van der Waals surface area contributed by atoms with Crippen LogP contribution in [0.25, 0.3) is 17.2 Å². The van der Waals surface area contributed by atoms with Crippen LogP contribution in [0.1, 0.15) is 21.5 Å². The van der Waals surface area contributed by atoms with Crippen LogP contribution in [-0.4, -0.2) is 17.0 Å². The topological polar surface area (TPSA) is 66.4 Å². The summed E-state index contributed by atoms with van der Waals surface area (Å²) in [7, 11) is 0. The third-order valence-electron chi connectivity index (χ3n) is 4.26. The first-order chi connectivity index (χ1) is 14.2. The van der Waals surface area contributed by atoms with Crippen molar-refractivity contribution in [3.05, 3.63) is 95.6 Å². The van der Waals surface area contributed by atoms with Gasteiger partial charge in [-0.15, -0.1) is 0 Å². The molecule has 0 spiro atoms. The van der Waals surface area contributed by atoms with Crippen molar-refractivity contribution in [1.29, 1.82) is 0 Å². The van der Waals surface area contributed by atoms with Crippen molar-refractivity contribution in [3.8, 4) is 11.1 Å². The number of halogens is 3. The van der Waals surface area contributed by atoms with E-state index < -0.39 is 23.6 Å². The van der Waals surface area contributed by atoms with E-state index in [1.807, 2.05) is 0 Å². The van der Waals surface area contributed by atoms with Crippen LogP contribution in [0.4, 0.5) is 18.9 Å². The zero-order chi connectivity index (χ0) is 21.7. The van der Waals surface area contributed by atoms with Crippen LogP contribution in [0.15, 0.2) is 78.9 Å². The SMILES string of the molecule is O=C(O)C=Cc1ccc(NC(=O)c2cc(C(F)(F)F)ccc2-c2ccccc2)cc1. The molecule has 3 aromatic carbocycles. The molecule has 1 amide bonds. The van der Waals surface area contributed by atoms with E-state index in [2.05, 4.69) is 5.32 Å². The molecule has 0 bridgehead atoms. The van der Waals surface area contributed by atoms with Crippen LogP contribution in [0.5, 0.6) is 0 Å². The number of carboxylic acid groups (broad SMARTS) is 1. The van der Waals surface area contributed by atoms with E-state index in [4.69, 9.17) is 5.11 Å². The summed E-state index contributed by atoms with van der Waals surface area (Å²) < 4.78 is 39.6. The first-order valence-electron chi connectivity index (χ1n) is 8.83. The Hall–Kier alpha value is -3.87. The monoisotopic (exact) mass is 411 g/mol. The van der Waals surface area contributed by atoms with Gasteiger partial charge in [-0.05, 0) is 47.0 Å². The summed E-state index contributed by atoms with van der Waals surface area (Å²) in [6, 6.07) is 18.0. The minimum Gasteiger partial charge on any atom is -0.478 e. The zero-order valence-corrected chi connectivity index (χ0v) is 15.5. The van der Waals surface area contributed by atoms with E-state index in [0.717, 1.165) is 18.2 Å². The third kappa shape index (κ3) is 5.14. The first-order valence-corrected chi connectivity index (χ1v) is 8.83. The minimum absolute atomic E-state index is 0.106. The summed E-state index contributed by atoms with van der Waals surface area (Å²) in [4.78, 5) is 23.4. The molecular formula is C23H16F3NO3. The Morgan fingerprint density at radius 2 is 1.57 bits per heavy atom. The number of carbonyl (C=O) groups is 2. The van der Waals surface area contributed by atoms with Gasteiger partial charge in [-0.1, -0.05) is 48.5 Å².